The Kier molecular flexibility index (Phi) is 9.08. The molecule has 0 spiro atoms. The van der Waals surface area contributed by atoms with E-state index in [1.807, 2.05) is 0 Å². The third-order valence-corrected chi connectivity index (χ3v) is 2.82. The van der Waals surface area contributed by atoms with Crippen LogP contribution in [-0.2, 0) is 0 Å². The summed E-state index contributed by atoms with van der Waals surface area (Å²) in [4.78, 5) is 2.60. The lowest BCUT2D eigenvalue weighted by atomic mass is 10.1. The zero-order valence-electron chi connectivity index (χ0n) is 6.89. The number of hydrogen-bond acceptors (Lipinski definition) is 1. The van der Waals surface area contributed by atoms with E-state index < -0.39 is 0 Å². The van der Waals surface area contributed by atoms with Crippen molar-refractivity contribution in [2.75, 3.05) is 24.1 Å². The fourth-order valence-corrected chi connectivity index (χ4v) is 1.81. The summed E-state index contributed by atoms with van der Waals surface area (Å²) < 4.78 is 1.31. The van der Waals surface area contributed by atoms with Gasteiger partial charge in [0.15, 0.2) is 0 Å². The predicted octanol–water partition coefficient (Wildman–Crippen LogP) is 2.92. The lowest BCUT2D eigenvalue weighted by Gasteiger charge is -2.25. The Hall–Kier alpha value is 1.42. The second-order valence-corrected chi connectivity index (χ2v) is 4.02. The van der Waals surface area contributed by atoms with Gasteiger partial charge >= 0.3 is 0 Å². The smallest absolute Gasteiger partial charge is 0.000744 e. The van der Waals surface area contributed by atoms with Gasteiger partial charge in [0.05, 0.1) is 0 Å². The van der Waals surface area contributed by atoms with Crippen molar-refractivity contribution in [2.45, 2.75) is 25.7 Å². The lowest BCUT2D eigenvalue weighted by molar-refractivity contribution is 0.230. The maximum absolute atomic E-state index is 2.60. The van der Waals surface area contributed by atoms with Crippen molar-refractivity contribution >= 4 is 46.6 Å². The van der Waals surface area contributed by atoms with Crippen LogP contribution >= 0.6 is 46.6 Å². The molecular weight excluding hydrogens is 364 g/mol. The highest BCUT2D eigenvalue weighted by Crippen LogP contribution is 2.08. The minimum Gasteiger partial charge on any atom is -0.303 e. The molecule has 68 valence electrons. The number of nitrogens with zero attached hydrogens (tertiary/aromatic N) is 1. The van der Waals surface area contributed by atoms with E-state index in [4.69, 9.17) is 0 Å². The van der Waals surface area contributed by atoms with E-state index in [9.17, 15) is 0 Å². The van der Waals surface area contributed by atoms with E-state index in [2.05, 4.69) is 27.5 Å². The van der Waals surface area contributed by atoms with Gasteiger partial charge in [-0.2, -0.15) is 0 Å². The number of alkyl halides is 1. The average Bonchev–Trinajstić information content (AvgIpc) is 2.03. The van der Waals surface area contributed by atoms with Gasteiger partial charge in [-0.05, 0) is 38.9 Å². The Balaban J connectivity index is 0.000001000. The molecule has 0 bridgehead atoms. The van der Waals surface area contributed by atoms with Crippen molar-refractivity contribution in [3.8, 4) is 0 Å². The van der Waals surface area contributed by atoms with Gasteiger partial charge in [0, 0.05) is 4.43 Å². The molecule has 0 aromatic heterocycles. The highest BCUT2D eigenvalue weighted by atomic mass is 127. The van der Waals surface area contributed by atoms with Crippen LogP contribution in [0.3, 0.4) is 0 Å². The maximum Gasteiger partial charge on any atom is 0.000744 e. The van der Waals surface area contributed by atoms with Gasteiger partial charge < -0.3 is 4.90 Å². The molecule has 0 aromatic rings. The fourth-order valence-electron chi connectivity index (χ4n) is 1.47. The molecule has 1 rings (SSSR count). The van der Waals surface area contributed by atoms with Crippen LogP contribution in [0.15, 0.2) is 0 Å². The van der Waals surface area contributed by atoms with E-state index in [0.717, 1.165) is 0 Å². The highest BCUT2D eigenvalue weighted by molar-refractivity contribution is 14.1. The van der Waals surface area contributed by atoms with Crippen molar-refractivity contribution < 1.29 is 0 Å². The number of hydrogen-bond donors (Lipinski definition) is 0. The second kappa shape index (κ2) is 8.04. The van der Waals surface area contributed by atoms with Crippen molar-refractivity contribution in [1.29, 1.82) is 0 Å². The van der Waals surface area contributed by atoms with E-state index in [1.54, 1.807) is 0 Å². The Morgan fingerprint density at radius 1 is 1.09 bits per heavy atom. The van der Waals surface area contributed by atoms with Crippen LogP contribution in [0, 0.1) is 0 Å². The average molecular weight is 381 g/mol. The summed E-state index contributed by atoms with van der Waals surface area (Å²) in [6, 6.07) is 0. The number of rotatable bonds is 3. The molecule has 0 amide bonds. The molecule has 0 aliphatic carbocycles. The van der Waals surface area contributed by atoms with Gasteiger partial charge in [0.25, 0.3) is 0 Å². The van der Waals surface area contributed by atoms with E-state index in [-0.39, 0.29) is 24.0 Å². The van der Waals surface area contributed by atoms with Crippen molar-refractivity contribution in [2.24, 2.45) is 0 Å². The maximum atomic E-state index is 2.60. The molecule has 0 N–H and O–H groups in total. The van der Waals surface area contributed by atoms with Crippen molar-refractivity contribution in [3.05, 3.63) is 0 Å². The Bertz CT molecular complexity index is 82.2. The van der Waals surface area contributed by atoms with Gasteiger partial charge in [-0.1, -0.05) is 29.0 Å². The molecule has 1 aliphatic rings. The van der Waals surface area contributed by atoms with Crippen LogP contribution in [0.1, 0.15) is 25.7 Å². The summed E-state index contributed by atoms with van der Waals surface area (Å²) in [6.45, 7) is 4.05. The zero-order valence-corrected chi connectivity index (χ0v) is 11.4. The van der Waals surface area contributed by atoms with E-state index in [1.165, 1.54) is 49.7 Å². The van der Waals surface area contributed by atoms with E-state index in [0.29, 0.717) is 0 Å². The van der Waals surface area contributed by atoms with Crippen LogP contribution < -0.4 is 0 Å². The van der Waals surface area contributed by atoms with Crippen LogP contribution in [0.2, 0.25) is 0 Å². The minimum absolute atomic E-state index is 0. The lowest BCUT2D eigenvalue weighted by Crippen LogP contribution is -2.30. The standard InChI is InChI=1S/C8H16IN.HI/c9-5-4-8-10-6-2-1-3-7-10;/h1-8H2;1H. The van der Waals surface area contributed by atoms with Gasteiger partial charge in [-0.3, -0.25) is 0 Å². The number of likely N-dealkylation sites (tertiary alicyclic amines) is 1. The summed E-state index contributed by atoms with van der Waals surface area (Å²) in [5.41, 5.74) is 0. The first-order chi connectivity index (χ1) is 4.93. The molecule has 1 fully saturated rings. The molecular formula is C8H17I2N. The molecule has 0 atom stereocenters. The quantitative estimate of drug-likeness (QED) is 0.537. The normalized spacial score (nSPS) is 19.4. The highest BCUT2D eigenvalue weighted by Gasteiger charge is 2.07. The predicted molar refractivity (Wildman–Crippen MR) is 69.2 cm³/mol. The van der Waals surface area contributed by atoms with E-state index >= 15 is 0 Å². The van der Waals surface area contributed by atoms with Crippen LogP contribution in [0.4, 0.5) is 0 Å². The largest absolute Gasteiger partial charge is 0.303 e. The molecule has 1 nitrogen and oxygen atoms in total. The van der Waals surface area contributed by atoms with Crippen molar-refractivity contribution in [1.82, 2.24) is 4.90 Å². The molecule has 0 aromatic carbocycles. The first-order valence-electron chi connectivity index (χ1n) is 4.22. The molecule has 1 aliphatic heterocycles. The Labute approximate surface area is 100 Å². The summed E-state index contributed by atoms with van der Waals surface area (Å²) >= 11 is 2.46. The molecule has 0 radical (unpaired) electrons. The molecule has 11 heavy (non-hydrogen) atoms. The van der Waals surface area contributed by atoms with Gasteiger partial charge in [-0.15, -0.1) is 24.0 Å². The first-order valence-corrected chi connectivity index (χ1v) is 5.74. The second-order valence-electron chi connectivity index (χ2n) is 2.94. The van der Waals surface area contributed by atoms with Gasteiger partial charge in [0.2, 0.25) is 0 Å². The third kappa shape index (κ3) is 5.63. The molecule has 0 unspecified atom stereocenters. The Morgan fingerprint density at radius 2 is 1.73 bits per heavy atom. The molecule has 3 heteroatoms. The topological polar surface area (TPSA) is 3.24 Å². The van der Waals surface area contributed by atoms with Crippen LogP contribution in [-0.4, -0.2) is 29.0 Å². The number of halogens is 2. The summed E-state index contributed by atoms with van der Waals surface area (Å²) in [5, 5.41) is 0. The monoisotopic (exact) mass is 381 g/mol. The summed E-state index contributed by atoms with van der Waals surface area (Å²) in [5.74, 6) is 0. The van der Waals surface area contributed by atoms with Crippen molar-refractivity contribution in [3.63, 3.8) is 0 Å². The molecule has 1 saturated heterocycles. The van der Waals surface area contributed by atoms with Crippen LogP contribution in [0.25, 0.3) is 0 Å². The molecule has 1 heterocycles. The Morgan fingerprint density at radius 3 is 2.27 bits per heavy atom. The number of piperidine rings is 1. The van der Waals surface area contributed by atoms with Gasteiger partial charge in [-0.25, -0.2) is 0 Å². The first kappa shape index (κ1) is 12.4. The third-order valence-electron chi connectivity index (χ3n) is 2.06. The van der Waals surface area contributed by atoms with Gasteiger partial charge in [0.1, 0.15) is 0 Å². The minimum atomic E-state index is 0. The summed E-state index contributed by atoms with van der Waals surface area (Å²) in [6.07, 6.45) is 5.70. The summed E-state index contributed by atoms with van der Waals surface area (Å²) in [7, 11) is 0. The van der Waals surface area contributed by atoms with Crippen LogP contribution in [0.5, 0.6) is 0 Å². The zero-order chi connectivity index (χ0) is 7.23. The SMILES string of the molecule is I.ICCCN1CCCCC1. The molecule has 0 saturated carbocycles. The fraction of sp³-hybridized carbons (Fsp3) is 1.00.